The summed E-state index contributed by atoms with van der Waals surface area (Å²) in [5, 5.41) is 13.4. The highest BCUT2D eigenvalue weighted by molar-refractivity contribution is 8.03. The molecule has 1 aromatic carbocycles. The monoisotopic (exact) mass is 383 g/mol. The Morgan fingerprint density at radius 1 is 1.37 bits per heavy atom. The van der Waals surface area contributed by atoms with Gasteiger partial charge in [0.05, 0.1) is 33.9 Å². The van der Waals surface area contributed by atoms with E-state index in [1.54, 1.807) is 6.92 Å². The number of nitriles is 1. The summed E-state index contributed by atoms with van der Waals surface area (Å²) in [4.78, 5) is 23.8. The van der Waals surface area contributed by atoms with Crippen molar-refractivity contribution < 1.29 is 14.3 Å². The zero-order valence-corrected chi connectivity index (χ0v) is 16.1. The van der Waals surface area contributed by atoms with Gasteiger partial charge in [0.25, 0.3) is 0 Å². The van der Waals surface area contributed by atoms with Gasteiger partial charge in [-0.05, 0) is 19.4 Å². The highest BCUT2D eigenvalue weighted by Gasteiger charge is 2.35. The normalized spacial score (nSPS) is 16.4. The van der Waals surface area contributed by atoms with Gasteiger partial charge < -0.3 is 15.8 Å². The molecule has 0 saturated carbocycles. The second-order valence-corrected chi connectivity index (χ2v) is 6.99. The molecule has 1 amide bonds. The molecule has 1 atom stereocenters. The van der Waals surface area contributed by atoms with E-state index in [-0.39, 0.29) is 12.4 Å². The van der Waals surface area contributed by atoms with E-state index in [9.17, 15) is 14.9 Å². The van der Waals surface area contributed by atoms with Gasteiger partial charge in [0, 0.05) is 5.70 Å². The van der Waals surface area contributed by atoms with Gasteiger partial charge in [-0.2, -0.15) is 5.26 Å². The summed E-state index contributed by atoms with van der Waals surface area (Å²) in [5.41, 5.74) is 8.37. The average molecular weight is 383 g/mol. The molecule has 1 aliphatic heterocycles. The van der Waals surface area contributed by atoms with Crippen LogP contribution in [0.2, 0.25) is 0 Å². The number of esters is 1. The largest absolute Gasteiger partial charge is 0.458 e. The lowest BCUT2D eigenvalue weighted by atomic mass is 9.82. The van der Waals surface area contributed by atoms with Crippen LogP contribution < -0.4 is 11.1 Å². The van der Waals surface area contributed by atoms with Crippen LogP contribution in [0, 0.1) is 18.3 Å². The molecule has 27 heavy (non-hydrogen) atoms. The lowest BCUT2D eigenvalue weighted by Crippen LogP contribution is -2.29. The molecule has 1 heterocycles. The van der Waals surface area contributed by atoms with Crippen LogP contribution in [0.5, 0.6) is 0 Å². The molecule has 1 aromatic rings. The van der Waals surface area contributed by atoms with Crippen molar-refractivity contribution in [3.63, 3.8) is 0 Å². The minimum absolute atomic E-state index is 0.0255. The van der Waals surface area contributed by atoms with Gasteiger partial charge >= 0.3 is 5.97 Å². The number of nitrogens with zero attached hydrogens (tertiary/aromatic N) is 1. The standard InChI is InChI=1S/C20H21N3O3S/c1-4-9-26-20(25)17-13(3)23-19(27-11-16(22)24)15(10-21)18(17)14-7-5-12(2)6-8-14/h4-8,18,23H,1,9,11H2,2-3H3,(H2,22,24)/t18-/m0/s1. The van der Waals surface area contributed by atoms with Crippen LogP contribution in [0.3, 0.4) is 0 Å². The fourth-order valence-electron chi connectivity index (χ4n) is 2.74. The number of hydrogen-bond donors (Lipinski definition) is 2. The number of benzene rings is 1. The van der Waals surface area contributed by atoms with Crippen molar-refractivity contribution in [2.75, 3.05) is 12.4 Å². The van der Waals surface area contributed by atoms with Crippen LogP contribution in [-0.4, -0.2) is 24.2 Å². The SMILES string of the molecule is C=CCOC(=O)C1=C(C)NC(SCC(N)=O)=C(C#N)[C@@H]1c1ccc(C)cc1. The van der Waals surface area contributed by atoms with Crippen molar-refractivity contribution in [2.45, 2.75) is 19.8 Å². The van der Waals surface area contributed by atoms with Gasteiger partial charge in [0.2, 0.25) is 5.91 Å². The first kappa shape index (κ1) is 20.3. The van der Waals surface area contributed by atoms with E-state index in [1.807, 2.05) is 31.2 Å². The lowest BCUT2D eigenvalue weighted by molar-refractivity contribution is -0.138. The molecule has 7 heteroatoms. The topological polar surface area (TPSA) is 105 Å². The Hall–Kier alpha value is -2.98. The third-order valence-electron chi connectivity index (χ3n) is 3.97. The fourth-order valence-corrected chi connectivity index (χ4v) is 3.58. The number of primary amides is 1. The van der Waals surface area contributed by atoms with Gasteiger partial charge in [-0.1, -0.05) is 54.2 Å². The third-order valence-corrected chi connectivity index (χ3v) is 5.01. The highest BCUT2D eigenvalue weighted by Crippen LogP contribution is 2.40. The van der Waals surface area contributed by atoms with E-state index < -0.39 is 17.8 Å². The summed E-state index contributed by atoms with van der Waals surface area (Å²) in [6, 6.07) is 9.79. The van der Waals surface area contributed by atoms with Crippen molar-refractivity contribution in [3.05, 3.63) is 69.9 Å². The number of nitrogens with two attached hydrogens (primary N) is 1. The number of nitrogens with one attached hydrogen (secondary N) is 1. The van der Waals surface area contributed by atoms with E-state index in [0.29, 0.717) is 21.9 Å². The molecule has 0 aliphatic carbocycles. The lowest BCUT2D eigenvalue weighted by Gasteiger charge is -2.29. The van der Waals surface area contributed by atoms with Gasteiger partial charge in [-0.3, -0.25) is 4.79 Å². The van der Waals surface area contributed by atoms with E-state index in [2.05, 4.69) is 18.0 Å². The highest BCUT2D eigenvalue weighted by atomic mass is 32.2. The van der Waals surface area contributed by atoms with E-state index in [4.69, 9.17) is 10.5 Å². The Kier molecular flexibility index (Phi) is 6.85. The van der Waals surface area contributed by atoms with Gasteiger partial charge in [0.15, 0.2) is 0 Å². The van der Waals surface area contributed by atoms with Crippen LogP contribution in [0.25, 0.3) is 0 Å². The zero-order valence-electron chi connectivity index (χ0n) is 15.2. The van der Waals surface area contributed by atoms with Gasteiger partial charge in [-0.15, -0.1) is 0 Å². The van der Waals surface area contributed by atoms with Crippen LogP contribution in [-0.2, 0) is 14.3 Å². The maximum Gasteiger partial charge on any atom is 0.337 e. The van der Waals surface area contributed by atoms with E-state index >= 15 is 0 Å². The second-order valence-electron chi connectivity index (χ2n) is 6.00. The maximum absolute atomic E-state index is 12.7. The molecular weight excluding hydrogens is 362 g/mol. The van der Waals surface area contributed by atoms with Gasteiger partial charge in [0.1, 0.15) is 6.61 Å². The molecule has 0 radical (unpaired) electrons. The first-order chi connectivity index (χ1) is 12.9. The molecule has 140 valence electrons. The molecule has 0 saturated heterocycles. The second kappa shape index (κ2) is 9.10. The number of aryl methyl sites for hydroxylation is 1. The number of rotatable bonds is 7. The van der Waals surface area contributed by atoms with Crippen molar-refractivity contribution in [1.29, 1.82) is 5.26 Å². The Morgan fingerprint density at radius 2 is 2.04 bits per heavy atom. The number of allylic oxidation sites excluding steroid dienone is 2. The Morgan fingerprint density at radius 3 is 2.59 bits per heavy atom. The summed E-state index contributed by atoms with van der Waals surface area (Å²) >= 11 is 1.14. The predicted octanol–water partition coefficient (Wildman–Crippen LogP) is 2.64. The smallest absolute Gasteiger partial charge is 0.337 e. The molecule has 3 N–H and O–H groups in total. The van der Waals surface area contributed by atoms with Gasteiger partial charge in [-0.25, -0.2) is 4.79 Å². The number of carbonyl (C=O) groups excluding carboxylic acids is 2. The van der Waals surface area contributed by atoms with Crippen LogP contribution in [0.1, 0.15) is 24.0 Å². The quantitative estimate of drug-likeness (QED) is 0.554. The molecule has 2 rings (SSSR count). The van der Waals surface area contributed by atoms with Crippen molar-refractivity contribution in [2.24, 2.45) is 5.73 Å². The molecule has 0 bridgehead atoms. The number of hydrogen-bond acceptors (Lipinski definition) is 6. The first-order valence-corrected chi connectivity index (χ1v) is 9.25. The van der Waals surface area contributed by atoms with Crippen LogP contribution >= 0.6 is 11.8 Å². The summed E-state index contributed by atoms with van der Waals surface area (Å²) in [5.74, 6) is -1.57. The molecule has 0 fully saturated rings. The Bertz CT molecular complexity index is 863. The third kappa shape index (κ3) is 4.80. The van der Waals surface area contributed by atoms with Crippen molar-refractivity contribution in [3.8, 4) is 6.07 Å². The predicted molar refractivity (Wildman–Crippen MR) is 105 cm³/mol. The molecule has 1 aliphatic rings. The minimum Gasteiger partial charge on any atom is -0.458 e. The number of amides is 1. The number of dihydropyridines is 1. The number of carbonyl (C=O) groups is 2. The summed E-state index contributed by atoms with van der Waals surface area (Å²) in [6.45, 7) is 7.33. The van der Waals surface area contributed by atoms with Crippen LogP contribution in [0.15, 0.2) is 58.8 Å². The van der Waals surface area contributed by atoms with Crippen molar-refractivity contribution >= 4 is 23.6 Å². The average Bonchev–Trinajstić information content (AvgIpc) is 2.64. The van der Waals surface area contributed by atoms with Crippen LogP contribution in [0.4, 0.5) is 0 Å². The zero-order chi connectivity index (χ0) is 20.0. The first-order valence-electron chi connectivity index (χ1n) is 8.26. The minimum atomic E-state index is -0.593. The fraction of sp³-hybridized carbons (Fsp3) is 0.250. The Labute approximate surface area is 162 Å². The maximum atomic E-state index is 12.7. The molecule has 0 unspecified atom stereocenters. The van der Waals surface area contributed by atoms with Crippen molar-refractivity contribution in [1.82, 2.24) is 5.32 Å². The van der Waals surface area contributed by atoms with E-state index in [0.717, 1.165) is 22.9 Å². The molecule has 0 spiro atoms. The number of ether oxygens (including phenoxy) is 1. The molecular formula is C20H21N3O3S. The molecule has 6 nitrogen and oxygen atoms in total. The number of thioether (sulfide) groups is 1. The summed E-state index contributed by atoms with van der Waals surface area (Å²) in [6.07, 6.45) is 1.49. The summed E-state index contributed by atoms with van der Waals surface area (Å²) in [7, 11) is 0. The summed E-state index contributed by atoms with van der Waals surface area (Å²) < 4.78 is 5.24. The Balaban J connectivity index is 2.55. The molecule has 0 aromatic heterocycles. The van der Waals surface area contributed by atoms with E-state index in [1.165, 1.54) is 6.08 Å².